The molecule has 3 aromatic rings. The maximum absolute atomic E-state index is 12.3. The van der Waals surface area contributed by atoms with Gasteiger partial charge in [0.15, 0.2) is 0 Å². The van der Waals surface area contributed by atoms with Crippen LogP contribution in [0.25, 0.3) is 5.52 Å². The van der Waals surface area contributed by atoms with E-state index in [1.54, 1.807) is 0 Å². The zero-order valence-electron chi connectivity index (χ0n) is 13.4. The summed E-state index contributed by atoms with van der Waals surface area (Å²) in [4.78, 5) is 23.0. The van der Waals surface area contributed by atoms with Crippen molar-refractivity contribution in [2.75, 3.05) is 19.0 Å². The third-order valence-electron chi connectivity index (χ3n) is 3.52. The Bertz CT molecular complexity index is 820. The molecule has 3 heterocycles. The molecule has 0 aliphatic heterocycles. The first-order valence-corrected chi connectivity index (χ1v) is 7.40. The molecule has 0 aromatic carbocycles. The lowest BCUT2D eigenvalue weighted by molar-refractivity contribution is 0.0950. The minimum Gasteiger partial charge on any atom is -0.363 e. The van der Waals surface area contributed by atoms with Crippen molar-refractivity contribution in [1.82, 2.24) is 19.7 Å². The molecule has 0 spiro atoms. The summed E-state index contributed by atoms with van der Waals surface area (Å²) >= 11 is 0. The first kappa shape index (κ1) is 15.0. The van der Waals surface area contributed by atoms with Crippen LogP contribution < -0.4 is 10.2 Å². The van der Waals surface area contributed by atoms with Gasteiger partial charge in [0.25, 0.3) is 5.91 Å². The lowest BCUT2D eigenvalue weighted by Crippen LogP contribution is -2.24. The molecule has 0 aliphatic rings. The first-order valence-electron chi connectivity index (χ1n) is 7.40. The number of anilines is 1. The van der Waals surface area contributed by atoms with E-state index in [2.05, 4.69) is 15.3 Å². The fourth-order valence-corrected chi connectivity index (χ4v) is 2.36. The van der Waals surface area contributed by atoms with E-state index in [9.17, 15) is 4.79 Å². The monoisotopic (exact) mass is 309 g/mol. The quantitative estimate of drug-likeness (QED) is 0.801. The number of nitrogens with one attached hydrogen (secondary N) is 1. The summed E-state index contributed by atoms with van der Waals surface area (Å²) in [5.74, 6) is 1.30. The van der Waals surface area contributed by atoms with Crippen molar-refractivity contribution in [3.8, 4) is 0 Å². The molecule has 23 heavy (non-hydrogen) atoms. The van der Waals surface area contributed by atoms with Gasteiger partial charge in [0.2, 0.25) is 0 Å². The smallest absolute Gasteiger partial charge is 0.253 e. The molecule has 6 nitrogen and oxygen atoms in total. The van der Waals surface area contributed by atoms with Gasteiger partial charge in [-0.3, -0.25) is 4.79 Å². The second-order valence-corrected chi connectivity index (χ2v) is 5.62. The summed E-state index contributed by atoms with van der Waals surface area (Å²) in [6.07, 6.45) is 3.73. The Kier molecular flexibility index (Phi) is 3.97. The highest BCUT2D eigenvalue weighted by molar-refractivity contribution is 5.95. The Morgan fingerprint density at radius 3 is 2.83 bits per heavy atom. The molecule has 1 N–H and O–H groups in total. The number of hydrogen-bond acceptors (Lipinski definition) is 4. The van der Waals surface area contributed by atoms with Crippen LogP contribution in [0, 0.1) is 6.92 Å². The molecule has 0 saturated heterocycles. The van der Waals surface area contributed by atoms with Gasteiger partial charge < -0.3 is 14.6 Å². The molecule has 0 bridgehead atoms. The van der Waals surface area contributed by atoms with Crippen LogP contribution in [-0.2, 0) is 6.54 Å². The number of hydrogen-bond donors (Lipinski definition) is 1. The third-order valence-corrected chi connectivity index (χ3v) is 3.52. The van der Waals surface area contributed by atoms with Gasteiger partial charge in [0.1, 0.15) is 11.6 Å². The SMILES string of the molecule is Cc1cc(N(C)C)nc(CNC(=O)c2cc3ccccn3c2)n1. The lowest BCUT2D eigenvalue weighted by Gasteiger charge is -2.13. The molecule has 3 aromatic heterocycles. The first-order chi connectivity index (χ1) is 11.0. The summed E-state index contributed by atoms with van der Waals surface area (Å²) in [5.41, 5.74) is 2.48. The van der Waals surface area contributed by atoms with E-state index in [0.29, 0.717) is 17.9 Å². The second-order valence-electron chi connectivity index (χ2n) is 5.62. The summed E-state index contributed by atoms with van der Waals surface area (Å²) in [5, 5.41) is 2.87. The maximum atomic E-state index is 12.3. The fraction of sp³-hybridized carbons (Fsp3) is 0.235. The van der Waals surface area contributed by atoms with Gasteiger partial charge in [0.05, 0.1) is 12.1 Å². The second kappa shape index (κ2) is 6.08. The van der Waals surface area contributed by atoms with Gasteiger partial charge in [-0.15, -0.1) is 0 Å². The van der Waals surface area contributed by atoms with Crippen molar-refractivity contribution in [2.24, 2.45) is 0 Å². The van der Waals surface area contributed by atoms with Gasteiger partial charge in [-0.25, -0.2) is 9.97 Å². The molecule has 0 saturated carbocycles. The van der Waals surface area contributed by atoms with E-state index in [1.807, 2.05) is 73.0 Å². The van der Waals surface area contributed by atoms with Gasteiger partial charge in [0, 0.05) is 43.8 Å². The van der Waals surface area contributed by atoms with Crippen LogP contribution in [0.5, 0.6) is 0 Å². The van der Waals surface area contributed by atoms with Crippen LogP contribution in [0.1, 0.15) is 21.9 Å². The Balaban J connectivity index is 1.73. The lowest BCUT2D eigenvalue weighted by atomic mass is 10.3. The zero-order chi connectivity index (χ0) is 16.4. The van der Waals surface area contributed by atoms with Crippen molar-refractivity contribution >= 4 is 17.2 Å². The molecule has 6 heteroatoms. The zero-order valence-corrected chi connectivity index (χ0v) is 13.4. The summed E-state index contributed by atoms with van der Waals surface area (Å²) in [6.45, 7) is 2.22. The number of nitrogens with zero attached hydrogens (tertiary/aromatic N) is 4. The van der Waals surface area contributed by atoms with E-state index in [-0.39, 0.29) is 5.91 Å². The van der Waals surface area contributed by atoms with E-state index in [1.165, 1.54) is 0 Å². The van der Waals surface area contributed by atoms with Crippen molar-refractivity contribution in [3.63, 3.8) is 0 Å². The van der Waals surface area contributed by atoms with Gasteiger partial charge in [-0.05, 0) is 25.1 Å². The van der Waals surface area contributed by atoms with Crippen LogP contribution in [0.15, 0.2) is 42.7 Å². The van der Waals surface area contributed by atoms with E-state index < -0.39 is 0 Å². The van der Waals surface area contributed by atoms with Crippen molar-refractivity contribution < 1.29 is 4.79 Å². The van der Waals surface area contributed by atoms with Crippen LogP contribution in [0.2, 0.25) is 0 Å². The largest absolute Gasteiger partial charge is 0.363 e. The molecule has 0 atom stereocenters. The summed E-state index contributed by atoms with van der Waals surface area (Å²) in [6, 6.07) is 9.60. The minimum absolute atomic E-state index is 0.134. The average molecular weight is 309 g/mol. The normalized spacial score (nSPS) is 10.7. The van der Waals surface area contributed by atoms with Gasteiger partial charge in [-0.1, -0.05) is 6.07 Å². The van der Waals surface area contributed by atoms with E-state index in [4.69, 9.17) is 0 Å². The highest BCUT2D eigenvalue weighted by Crippen LogP contribution is 2.11. The number of aromatic nitrogens is 3. The van der Waals surface area contributed by atoms with Crippen LogP contribution in [0.3, 0.4) is 0 Å². The van der Waals surface area contributed by atoms with Gasteiger partial charge in [-0.2, -0.15) is 0 Å². The molecule has 1 amide bonds. The maximum Gasteiger partial charge on any atom is 0.253 e. The van der Waals surface area contributed by atoms with E-state index >= 15 is 0 Å². The number of carbonyl (C=O) groups excluding carboxylic acids is 1. The molecule has 3 rings (SSSR count). The topological polar surface area (TPSA) is 62.5 Å². The Morgan fingerprint density at radius 1 is 1.26 bits per heavy atom. The van der Waals surface area contributed by atoms with Crippen molar-refractivity contribution in [2.45, 2.75) is 13.5 Å². The number of rotatable bonds is 4. The van der Waals surface area contributed by atoms with Crippen LogP contribution >= 0.6 is 0 Å². The minimum atomic E-state index is -0.134. The molecular weight excluding hydrogens is 290 g/mol. The molecule has 118 valence electrons. The Hall–Kier alpha value is -2.89. The average Bonchev–Trinajstić information content (AvgIpc) is 2.96. The number of fused-ring (bicyclic) bond motifs is 1. The van der Waals surface area contributed by atoms with Crippen molar-refractivity contribution in [3.05, 3.63) is 59.8 Å². The molecule has 0 radical (unpaired) electrons. The van der Waals surface area contributed by atoms with Crippen molar-refractivity contribution in [1.29, 1.82) is 0 Å². The molecule has 0 aliphatic carbocycles. The molecular formula is C17H19N5O. The third kappa shape index (κ3) is 3.31. The van der Waals surface area contributed by atoms with Crippen LogP contribution in [-0.4, -0.2) is 34.4 Å². The number of aryl methyl sites for hydroxylation is 1. The number of carbonyl (C=O) groups is 1. The molecule has 0 fully saturated rings. The number of pyridine rings is 1. The predicted octanol–water partition coefficient (Wildman–Crippen LogP) is 2.03. The Labute approximate surface area is 134 Å². The predicted molar refractivity (Wildman–Crippen MR) is 89.7 cm³/mol. The standard InChI is InChI=1S/C17H19N5O/c1-12-8-16(21(2)3)20-15(19-12)10-18-17(23)13-9-14-6-4-5-7-22(14)11-13/h4-9,11H,10H2,1-3H3,(H,18,23). The fourth-order valence-electron chi connectivity index (χ4n) is 2.36. The number of amides is 1. The Morgan fingerprint density at radius 2 is 2.09 bits per heavy atom. The van der Waals surface area contributed by atoms with E-state index in [0.717, 1.165) is 17.0 Å². The highest BCUT2D eigenvalue weighted by Gasteiger charge is 2.10. The summed E-state index contributed by atoms with van der Waals surface area (Å²) < 4.78 is 1.92. The van der Waals surface area contributed by atoms with Gasteiger partial charge >= 0.3 is 0 Å². The van der Waals surface area contributed by atoms with Crippen LogP contribution in [0.4, 0.5) is 5.82 Å². The highest BCUT2D eigenvalue weighted by atomic mass is 16.1. The molecule has 0 unspecified atom stereocenters. The summed E-state index contributed by atoms with van der Waals surface area (Å²) in [7, 11) is 3.85.